The van der Waals surface area contributed by atoms with E-state index in [9.17, 15) is 9.59 Å². The molecule has 4 bridgehead atoms. The van der Waals surface area contributed by atoms with Gasteiger partial charge in [0.2, 0.25) is 5.91 Å². The van der Waals surface area contributed by atoms with E-state index in [4.69, 9.17) is 0 Å². The van der Waals surface area contributed by atoms with Gasteiger partial charge in [-0.2, -0.15) is 0 Å². The third-order valence-corrected chi connectivity index (χ3v) is 5.81. The first-order valence-corrected chi connectivity index (χ1v) is 7.98. The molecular formula is C17H27NO2. The van der Waals surface area contributed by atoms with Crippen molar-refractivity contribution in [2.24, 2.45) is 22.2 Å². The molecule has 3 nitrogen and oxygen atoms in total. The van der Waals surface area contributed by atoms with E-state index in [-0.39, 0.29) is 23.7 Å². The molecular weight excluding hydrogens is 250 g/mol. The van der Waals surface area contributed by atoms with Gasteiger partial charge in [0.25, 0.3) is 0 Å². The molecule has 20 heavy (non-hydrogen) atoms. The minimum absolute atomic E-state index is 0.0304. The predicted molar refractivity (Wildman–Crippen MR) is 78.1 cm³/mol. The Morgan fingerprint density at radius 3 is 2.15 bits per heavy atom. The third-order valence-electron chi connectivity index (χ3n) is 5.81. The van der Waals surface area contributed by atoms with Crippen LogP contribution in [0.1, 0.15) is 65.7 Å². The molecule has 0 heterocycles. The maximum Gasteiger partial charge on any atom is 0.220 e. The fourth-order valence-electron chi connectivity index (χ4n) is 6.51. The Morgan fingerprint density at radius 2 is 1.65 bits per heavy atom. The van der Waals surface area contributed by atoms with Gasteiger partial charge < -0.3 is 5.32 Å². The summed E-state index contributed by atoms with van der Waals surface area (Å²) in [5, 5.41) is 2.79. The first kappa shape index (κ1) is 14.1. The second-order valence-electron chi connectivity index (χ2n) is 8.79. The topological polar surface area (TPSA) is 46.2 Å². The van der Waals surface area contributed by atoms with Gasteiger partial charge in [0.05, 0.1) is 6.54 Å². The molecule has 0 aromatic heterocycles. The Hall–Kier alpha value is -0.860. The van der Waals surface area contributed by atoms with Crippen LogP contribution in [0, 0.1) is 22.2 Å². The van der Waals surface area contributed by atoms with Crippen LogP contribution in [0.25, 0.3) is 0 Å². The van der Waals surface area contributed by atoms with Crippen LogP contribution in [0.2, 0.25) is 0 Å². The van der Waals surface area contributed by atoms with Crippen LogP contribution in [0.15, 0.2) is 0 Å². The second kappa shape index (κ2) is 4.32. The van der Waals surface area contributed by atoms with Crippen molar-refractivity contribution in [2.45, 2.75) is 65.7 Å². The summed E-state index contributed by atoms with van der Waals surface area (Å²) in [6.45, 7) is 6.57. The van der Waals surface area contributed by atoms with Crippen molar-refractivity contribution in [1.29, 1.82) is 0 Å². The summed E-state index contributed by atoms with van der Waals surface area (Å²) in [6.07, 6.45) is 8.33. The normalized spacial score (nSPS) is 45.5. The molecule has 4 rings (SSSR count). The van der Waals surface area contributed by atoms with Crippen LogP contribution >= 0.6 is 0 Å². The third kappa shape index (κ3) is 2.51. The number of nitrogens with one attached hydrogen (secondary N) is 1. The predicted octanol–water partition coefficient (Wildman–Crippen LogP) is 3.08. The van der Waals surface area contributed by atoms with Gasteiger partial charge in [-0.25, -0.2) is 0 Å². The van der Waals surface area contributed by atoms with Crippen molar-refractivity contribution in [3.63, 3.8) is 0 Å². The fraction of sp³-hybridized carbons (Fsp3) is 0.882. The maximum atomic E-state index is 12.2. The zero-order valence-corrected chi connectivity index (χ0v) is 13.1. The lowest BCUT2D eigenvalue weighted by atomic mass is 9.40. The molecule has 0 aliphatic heterocycles. The van der Waals surface area contributed by atoms with Crippen LogP contribution < -0.4 is 5.32 Å². The van der Waals surface area contributed by atoms with Crippen LogP contribution in [0.4, 0.5) is 0 Å². The van der Waals surface area contributed by atoms with Gasteiger partial charge in [0.1, 0.15) is 5.78 Å². The molecule has 112 valence electrons. The smallest absolute Gasteiger partial charge is 0.220 e. The molecule has 0 aromatic rings. The summed E-state index contributed by atoms with van der Waals surface area (Å²) in [7, 11) is 0. The Morgan fingerprint density at radius 1 is 1.05 bits per heavy atom. The van der Waals surface area contributed by atoms with Gasteiger partial charge in [-0.05, 0) is 67.6 Å². The highest BCUT2D eigenvalue weighted by Gasteiger charge is 2.60. The lowest BCUT2D eigenvalue weighted by Crippen LogP contribution is -2.56. The summed E-state index contributed by atoms with van der Waals surface area (Å²) in [5.74, 6) is 0.930. The van der Waals surface area contributed by atoms with Crippen molar-refractivity contribution in [3.05, 3.63) is 0 Å². The van der Waals surface area contributed by atoms with Crippen molar-refractivity contribution >= 4 is 11.7 Å². The average molecular weight is 277 g/mol. The number of carbonyl (C=O) groups is 2. The molecule has 1 N–H and O–H groups in total. The number of ketones is 1. The Kier molecular flexibility index (Phi) is 3.04. The Balaban J connectivity index is 1.72. The summed E-state index contributed by atoms with van der Waals surface area (Å²) in [6, 6.07) is 0. The van der Waals surface area contributed by atoms with E-state index in [0.29, 0.717) is 17.3 Å². The highest BCUT2D eigenvalue weighted by Crippen LogP contribution is 2.70. The van der Waals surface area contributed by atoms with Crippen molar-refractivity contribution in [2.75, 3.05) is 6.54 Å². The van der Waals surface area contributed by atoms with Gasteiger partial charge in [-0.1, -0.05) is 13.8 Å². The Bertz CT molecular complexity index is 438. The zero-order chi connectivity index (χ0) is 14.6. The number of Topliss-reactive ketones (excluding diaryl/α,β-unsaturated/α-hetero) is 1. The first-order chi connectivity index (χ1) is 9.22. The monoisotopic (exact) mass is 277 g/mol. The lowest BCUT2D eigenvalue weighted by Gasteiger charge is -2.65. The van der Waals surface area contributed by atoms with Gasteiger partial charge in [0, 0.05) is 6.42 Å². The van der Waals surface area contributed by atoms with E-state index < -0.39 is 0 Å². The molecule has 1 amide bonds. The molecule has 0 saturated heterocycles. The summed E-state index contributed by atoms with van der Waals surface area (Å²) in [5.41, 5.74) is 1.12. The molecule has 2 atom stereocenters. The van der Waals surface area contributed by atoms with E-state index >= 15 is 0 Å². The summed E-state index contributed by atoms with van der Waals surface area (Å²) < 4.78 is 0. The average Bonchev–Trinajstić information content (AvgIpc) is 2.20. The van der Waals surface area contributed by atoms with Crippen LogP contribution in [0.3, 0.4) is 0 Å². The van der Waals surface area contributed by atoms with Gasteiger partial charge >= 0.3 is 0 Å². The quantitative estimate of drug-likeness (QED) is 0.858. The summed E-state index contributed by atoms with van der Waals surface area (Å²) in [4.78, 5) is 23.2. The maximum absolute atomic E-state index is 12.2. The second-order valence-corrected chi connectivity index (χ2v) is 8.79. The van der Waals surface area contributed by atoms with Gasteiger partial charge in [-0.3, -0.25) is 9.59 Å². The lowest BCUT2D eigenvalue weighted by molar-refractivity contribution is -0.156. The highest BCUT2D eigenvalue weighted by molar-refractivity contribution is 5.84. The molecule has 4 saturated carbocycles. The first-order valence-electron chi connectivity index (χ1n) is 7.98. The molecule has 0 radical (unpaired) electrons. The molecule has 4 fully saturated rings. The molecule has 2 unspecified atom stereocenters. The van der Waals surface area contributed by atoms with E-state index in [2.05, 4.69) is 19.2 Å². The molecule has 0 aromatic carbocycles. The minimum Gasteiger partial charge on any atom is -0.349 e. The number of amides is 1. The Labute approximate surface area is 121 Å². The van der Waals surface area contributed by atoms with E-state index in [0.717, 1.165) is 5.92 Å². The van der Waals surface area contributed by atoms with Gasteiger partial charge in [-0.15, -0.1) is 0 Å². The van der Waals surface area contributed by atoms with E-state index in [1.807, 2.05) is 0 Å². The van der Waals surface area contributed by atoms with Crippen molar-refractivity contribution < 1.29 is 9.59 Å². The fourth-order valence-corrected chi connectivity index (χ4v) is 6.51. The zero-order valence-electron chi connectivity index (χ0n) is 13.1. The molecule has 0 spiro atoms. The molecule has 3 heteroatoms. The molecule has 4 aliphatic carbocycles. The molecule has 4 aliphatic rings. The largest absolute Gasteiger partial charge is 0.349 e. The number of hydrogen-bond donors (Lipinski definition) is 1. The van der Waals surface area contributed by atoms with Gasteiger partial charge in [0.15, 0.2) is 0 Å². The highest BCUT2D eigenvalue weighted by atomic mass is 16.2. The van der Waals surface area contributed by atoms with Crippen LogP contribution in [-0.2, 0) is 9.59 Å². The number of rotatable bonds is 4. The number of hydrogen-bond acceptors (Lipinski definition) is 2. The van der Waals surface area contributed by atoms with Crippen LogP contribution in [-0.4, -0.2) is 18.2 Å². The van der Waals surface area contributed by atoms with E-state index in [1.165, 1.54) is 45.4 Å². The van der Waals surface area contributed by atoms with Crippen molar-refractivity contribution in [3.8, 4) is 0 Å². The minimum atomic E-state index is 0.0304. The van der Waals surface area contributed by atoms with E-state index in [1.54, 1.807) is 0 Å². The standard InChI is InChI=1S/C17H27NO2/c1-12(19)8-18-14(20)7-17-6-13-4-15(2,10-17)9-16(3,5-13)11-17/h13H,4-11H2,1-3H3,(H,18,20). The van der Waals surface area contributed by atoms with Crippen molar-refractivity contribution in [1.82, 2.24) is 5.32 Å². The van der Waals surface area contributed by atoms with Crippen LogP contribution in [0.5, 0.6) is 0 Å². The summed E-state index contributed by atoms with van der Waals surface area (Å²) >= 11 is 0. The SMILES string of the molecule is CC(=O)CNC(=O)CC12CC3CC(C)(CC(C)(C3)C1)C2. The number of carbonyl (C=O) groups excluding carboxylic acids is 2.